The van der Waals surface area contributed by atoms with Gasteiger partial charge in [0.15, 0.2) is 0 Å². The smallest absolute Gasteiger partial charge is 0.232 e. The number of nitrogens with one attached hydrogen (secondary N) is 1. The van der Waals surface area contributed by atoms with Gasteiger partial charge in [-0.25, -0.2) is 4.98 Å². The molecule has 6 heteroatoms. The molecule has 0 saturated heterocycles. The molecule has 1 aromatic carbocycles. The molecule has 1 aliphatic rings. The third-order valence-corrected chi connectivity index (χ3v) is 5.24. The highest BCUT2D eigenvalue weighted by molar-refractivity contribution is 5.93. The Balaban J connectivity index is 1.83. The van der Waals surface area contributed by atoms with Crippen LogP contribution in [-0.2, 0) is 11.3 Å². The number of fused-ring (bicyclic) bond motifs is 1. The predicted molar refractivity (Wildman–Crippen MR) is 99.5 cm³/mol. The first-order chi connectivity index (χ1) is 12.1. The molecule has 0 spiro atoms. The Bertz CT molecular complexity index is 723. The molecule has 1 aliphatic carbocycles. The zero-order valence-electron chi connectivity index (χ0n) is 15.1. The second kappa shape index (κ2) is 7.97. The number of rotatable bonds is 7. The van der Waals surface area contributed by atoms with Gasteiger partial charge in [0.1, 0.15) is 0 Å². The van der Waals surface area contributed by atoms with E-state index in [0.29, 0.717) is 12.4 Å². The summed E-state index contributed by atoms with van der Waals surface area (Å²) in [6.45, 7) is 7.98. The summed E-state index contributed by atoms with van der Waals surface area (Å²) in [6.07, 6.45) is 1.81. The van der Waals surface area contributed by atoms with Crippen molar-refractivity contribution in [3.63, 3.8) is 0 Å². The maximum absolute atomic E-state index is 12.6. The molecule has 25 heavy (non-hydrogen) atoms. The molecule has 1 fully saturated rings. The number of hydrogen-bond acceptors (Lipinski definition) is 4. The molecular weight excluding hydrogens is 316 g/mol. The molecular formula is C19H28N4O2. The van der Waals surface area contributed by atoms with Gasteiger partial charge in [-0.3, -0.25) is 10.1 Å². The van der Waals surface area contributed by atoms with Crippen molar-refractivity contribution in [3.8, 4) is 0 Å². The highest BCUT2D eigenvalue weighted by Crippen LogP contribution is 2.27. The van der Waals surface area contributed by atoms with E-state index in [2.05, 4.69) is 33.6 Å². The van der Waals surface area contributed by atoms with E-state index < -0.39 is 6.10 Å². The van der Waals surface area contributed by atoms with Gasteiger partial charge in [0.25, 0.3) is 0 Å². The molecule has 6 nitrogen and oxygen atoms in total. The number of hydrogen-bond donors (Lipinski definition) is 2. The number of likely N-dealkylation sites (N-methyl/N-ethyl adjacent to an activating group) is 1. The number of aromatic nitrogens is 2. The summed E-state index contributed by atoms with van der Waals surface area (Å²) in [6, 6.07) is 7.94. The van der Waals surface area contributed by atoms with Crippen molar-refractivity contribution in [2.24, 2.45) is 5.92 Å². The van der Waals surface area contributed by atoms with E-state index in [1.54, 1.807) is 0 Å². The quantitative estimate of drug-likeness (QED) is 0.809. The van der Waals surface area contributed by atoms with E-state index in [0.717, 1.165) is 50.1 Å². The lowest BCUT2D eigenvalue weighted by Crippen LogP contribution is -2.31. The normalized spacial score (nSPS) is 20.5. The molecule has 2 unspecified atom stereocenters. The summed E-state index contributed by atoms with van der Waals surface area (Å²) in [5.41, 5.74) is 1.90. The summed E-state index contributed by atoms with van der Waals surface area (Å²) in [5.74, 6) is 0.137. The Labute approximate surface area is 148 Å². The molecule has 2 aromatic rings. The van der Waals surface area contributed by atoms with Crippen LogP contribution >= 0.6 is 0 Å². The SMILES string of the molecule is CCN(CC)CCn1c(NC(=O)C2CCCC2O)nc2ccccc21. The van der Waals surface area contributed by atoms with Gasteiger partial charge in [-0.1, -0.05) is 26.0 Å². The first-order valence-electron chi connectivity index (χ1n) is 9.30. The van der Waals surface area contributed by atoms with Crippen LogP contribution in [0.3, 0.4) is 0 Å². The largest absolute Gasteiger partial charge is 0.392 e. The first kappa shape index (κ1) is 17.9. The van der Waals surface area contributed by atoms with Gasteiger partial charge in [0.2, 0.25) is 11.9 Å². The minimum Gasteiger partial charge on any atom is -0.392 e. The van der Waals surface area contributed by atoms with Crippen LogP contribution in [0.2, 0.25) is 0 Å². The average Bonchev–Trinajstić information content (AvgIpc) is 3.19. The van der Waals surface area contributed by atoms with Crippen LogP contribution < -0.4 is 5.32 Å². The number of imidazole rings is 1. The summed E-state index contributed by atoms with van der Waals surface area (Å²) >= 11 is 0. The fourth-order valence-corrected chi connectivity index (χ4v) is 3.63. The average molecular weight is 344 g/mol. The lowest BCUT2D eigenvalue weighted by atomic mass is 10.1. The fraction of sp³-hybridized carbons (Fsp3) is 0.579. The van der Waals surface area contributed by atoms with Crippen molar-refractivity contribution in [1.29, 1.82) is 0 Å². The van der Waals surface area contributed by atoms with Gasteiger partial charge in [-0.15, -0.1) is 0 Å². The number of carbonyl (C=O) groups is 1. The second-order valence-electron chi connectivity index (χ2n) is 6.70. The molecule has 0 radical (unpaired) electrons. The minimum absolute atomic E-state index is 0.121. The molecule has 136 valence electrons. The molecule has 2 N–H and O–H groups in total. The second-order valence-corrected chi connectivity index (χ2v) is 6.70. The fourth-order valence-electron chi connectivity index (χ4n) is 3.63. The van der Waals surface area contributed by atoms with Gasteiger partial charge in [-0.2, -0.15) is 0 Å². The molecule has 1 aromatic heterocycles. The minimum atomic E-state index is -0.534. The molecule has 3 rings (SSSR count). The van der Waals surface area contributed by atoms with E-state index in [1.165, 1.54) is 0 Å². The van der Waals surface area contributed by atoms with Crippen molar-refractivity contribution in [3.05, 3.63) is 24.3 Å². The predicted octanol–water partition coefficient (Wildman–Crippen LogP) is 2.48. The van der Waals surface area contributed by atoms with Crippen molar-refractivity contribution in [1.82, 2.24) is 14.5 Å². The van der Waals surface area contributed by atoms with Crippen molar-refractivity contribution in [2.45, 2.75) is 45.8 Å². The molecule has 1 amide bonds. The number of aliphatic hydroxyl groups is 1. The zero-order valence-corrected chi connectivity index (χ0v) is 15.1. The maximum Gasteiger partial charge on any atom is 0.232 e. The monoisotopic (exact) mass is 344 g/mol. The van der Waals surface area contributed by atoms with Gasteiger partial charge < -0.3 is 14.6 Å². The van der Waals surface area contributed by atoms with Crippen LogP contribution in [0.1, 0.15) is 33.1 Å². The number of benzene rings is 1. The Kier molecular flexibility index (Phi) is 5.71. The van der Waals surface area contributed by atoms with E-state index in [-0.39, 0.29) is 11.8 Å². The lowest BCUT2D eigenvalue weighted by Gasteiger charge is -2.20. The third-order valence-electron chi connectivity index (χ3n) is 5.24. The van der Waals surface area contributed by atoms with E-state index >= 15 is 0 Å². The summed E-state index contributed by atoms with van der Waals surface area (Å²) in [5, 5.41) is 13.0. The van der Waals surface area contributed by atoms with Gasteiger partial charge in [0, 0.05) is 13.1 Å². The van der Waals surface area contributed by atoms with E-state index in [9.17, 15) is 9.90 Å². The Morgan fingerprint density at radius 1 is 1.32 bits per heavy atom. The van der Waals surface area contributed by atoms with Crippen molar-refractivity contribution < 1.29 is 9.90 Å². The van der Waals surface area contributed by atoms with Crippen LogP contribution in [0.25, 0.3) is 11.0 Å². The molecule has 1 saturated carbocycles. The van der Waals surface area contributed by atoms with Crippen LogP contribution in [0.5, 0.6) is 0 Å². The molecule has 0 aliphatic heterocycles. The van der Waals surface area contributed by atoms with Crippen molar-refractivity contribution >= 4 is 22.9 Å². The van der Waals surface area contributed by atoms with Gasteiger partial charge in [-0.05, 0) is 44.5 Å². The Morgan fingerprint density at radius 3 is 2.76 bits per heavy atom. The highest BCUT2D eigenvalue weighted by Gasteiger charge is 2.32. The first-order valence-corrected chi connectivity index (χ1v) is 9.30. The number of anilines is 1. The third kappa shape index (κ3) is 3.85. The van der Waals surface area contributed by atoms with Gasteiger partial charge in [0.05, 0.1) is 23.1 Å². The highest BCUT2D eigenvalue weighted by atomic mass is 16.3. The van der Waals surface area contributed by atoms with Gasteiger partial charge >= 0.3 is 0 Å². The molecule has 1 heterocycles. The Hall–Kier alpha value is -1.92. The number of para-hydroxylation sites is 2. The van der Waals surface area contributed by atoms with E-state index in [1.807, 2.05) is 24.3 Å². The Morgan fingerprint density at radius 2 is 2.08 bits per heavy atom. The standard InChI is InChI=1S/C19H28N4O2/c1-3-22(4-2)12-13-23-16-10-6-5-9-15(16)20-19(23)21-18(25)14-8-7-11-17(14)24/h5-6,9-10,14,17,24H,3-4,7-8,11-13H2,1-2H3,(H,20,21,25). The number of carbonyl (C=O) groups excluding carboxylic acids is 1. The summed E-state index contributed by atoms with van der Waals surface area (Å²) in [4.78, 5) is 19.5. The number of amides is 1. The summed E-state index contributed by atoms with van der Waals surface area (Å²) in [7, 11) is 0. The maximum atomic E-state index is 12.6. The molecule has 0 bridgehead atoms. The molecule has 2 atom stereocenters. The van der Waals surface area contributed by atoms with Crippen LogP contribution in [-0.4, -0.2) is 51.2 Å². The van der Waals surface area contributed by atoms with Crippen LogP contribution in [0.15, 0.2) is 24.3 Å². The van der Waals surface area contributed by atoms with Crippen molar-refractivity contribution in [2.75, 3.05) is 25.0 Å². The van der Waals surface area contributed by atoms with Crippen LogP contribution in [0, 0.1) is 5.92 Å². The van der Waals surface area contributed by atoms with E-state index in [4.69, 9.17) is 0 Å². The zero-order chi connectivity index (χ0) is 17.8. The number of nitrogens with zero attached hydrogens (tertiary/aromatic N) is 3. The van der Waals surface area contributed by atoms with Crippen LogP contribution in [0.4, 0.5) is 5.95 Å². The number of aliphatic hydroxyl groups excluding tert-OH is 1. The topological polar surface area (TPSA) is 70.4 Å². The lowest BCUT2D eigenvalue weighted by molar-refractivity contribution is -0.122. The summed E-state index contributed by atoms with van der Waals surface area (Å²) < 4.78 is 2.08.